The standard InChI is InChI=1S/C66H126O6/c1-2-3-4-5-6-7-8-9-10-11-12-13-14-15-16-17-18-19-20-21-22-23-24-25-26-27-28-29-30-31-32-33-34-35-36-37-38-39-40-41-42-43-44-45-46-47-48-49-50-51-52-53-54-55-56-57-63-58-64(69)71-61-66(59-67,60-68)62-72-65(63)70/h56-57,63,67-68H,2-55,58-62H2,1H3/b57-56+. The molecule has 0 aliphatic carbocycles. The van der Waals surface area contributed by atoms with Crippen LogP contribution in [0.25, 0.3) is 0 Å². The molecule has 0 aromatic carbocycles. The lowest BCUT2D eigenvalue weighted by molar-refractivity contribution is -0.153. The van der Waals surface area contributed by atoms with Crippen LogP contribution >= 0.6 is 0 Å². The van der Waals surface area contributed by atoms with Gasteiger partial charge in [0.1, 0.15) is 13.2 Å². The first-order chi connectivity index (χ1) is 35.6. The van der Waals surface area contributed by atoms with Crippen LogP contribution in [-0.4, -0.2) is 48.6 Å². The number of carbonyl (C=O) groups is 2. The zero-order valence-corrected chi connectivity index (χ0v) is 48.5. The number of esters is 2. The molecule has 0 saturated carbocycles. The predicted molar refractivity (Wildman–Crippen MR) is 311 cm³/mol. The summed E-state index contributed by atoms with van der Waals surface area (Å²) in [6.07, 6.45) is 80.8. The SMILES string of the molecule is CCCCCCCCCCCCCCCCCCCCCCCCCCCCCCCCCCCCCCCCCCCCCCCCCCCCCCC/C=C/C1CC(=O)OCC(CO)(CO)COC1=O. The van der Waals surface area contributed by atoms with Gasteiger partial charge in [0.05, 0.1) is 31.0 Å². The largest absolute Gasteiger partial charge is 0.465 e. The van der Waals surface area contributed by atoms with Gasteiger partial charge in [0.15, 0.2) is 0 Å². The maximum absolute atomic E-state index is 12.5. The third-order valence-corrected chi connectivity index (χ3v) is 16.3. The van der Waals surface area contributed by atoms with Crippen molar-refractivity contribution in [1.29, 1.82) is 0 Å². The fraction of sp³-hybridized carbons (Fsp3) is 0.939. The maximum Gasteiger partial charge on any atom is 0.313 e. The Morgan fingerprint density at radius 3 is 0.819 bits per heavy atom. The predicted octanol–water partition coefficient (Wildman–Crippen LogP) is 20.7. The summed E-state index contributed by atoms with van der Waals surface area (Å²) in [5, 5.41) is 19.2. The van der Waals surface area contributed by atoms with E-state index in [4.69, 9.17) is 9.47 Å². The molecular weight excluding hydrogens is 889 g/mol. The van der Waals surface area contributed by atoms with Crippen molar-refractivity contribution >= 4 is 11.9 Å². The summed E-state index contributed by atoms with van der Waals surface area (Å²) in [6, 6.07) is 0. The number of aliphatic hydroxyl groups is 2. The van der Waals surface area contributed by atoms with Gasteiger partial charge in [-0.2, -0.15) is 0 Å². The van der Waals surface area contributed by atoms with E-state index in [0.717, 1.165) is 12.8 Å². The minimum atomic E-state index is -1.15. The van der Waals surface area contributed by atoms with E-state index in [0.29, 0.717) is 0 Å². The lowest BCUT2D eigenvalue weighted by Gasteiger charge is -2.27. The highest BCUT2D eigenvalue weighted by molar-refractivity contribution is 5.81. The van der Waals surface area contributed by atoms with Crippen LogP contribution in [0.2, 0.25) is 0 Å². The molecule has 426 valence electrons. The highest BCUT2D eigenvalue weighted by atomic mass is 16.6. The smallest absolute Gasteiger partial charge is 0.313 e. The van der Waals surface area contributed by atoms with Gasteiger partial charge in [0.2, 0.25) is 0 Å². The number of ether oxygens (including phenoxy) is 2. The van der Waals surface area contributed by atoms with Gasteiger partial charge in [-0.3, -0.25) is 9.59 Å². The van der Waals surface area contributed by atoms with Gasteiger partial charge in [0.25, 0.3) is 0 Å². The number of rotatable bonds is 57. The Labute approximate surface area is 449 Å². The maximum atomic E-state index is 12.5. The van der Waals surface area contributed by atoms with Crippen molar-refractivity contribution < 1.29 is 29.3 Å². The molecule has 6 heteroatoms. The van der Waals surface area contributed by atoms with Crippen molar-refractivity contribution in [3.8, 4) is 0 Å². The van der Waals surface area contributed by atoms with Gasteiger partial charge in [-0.05, 0) is 12.8 Å². The highest BCUT2D eigenvalue weighted by Crippen LogP contribution is 2.24. The second-order valence-corrected chi connectivity index (χ2v) is 23.5. The Kier molecular flexibility index (Phi) is 53.2. The van der Waals surface area contributed by atoms with E-state index in [1.165, 1.54) is 334 Å². The molecule has 0 aromatic heterocycles. The summed E-state index contributed by atoms with van der Waals surface area (Å²) in [5.74, 6) is -1.71. The minimum Gasteiger partial charge on any atom is -0.465 e. The molecule has 0 spiro atoms. The summed E-state index contributed by atoms with van der Waals surface area (Å²) >= 11 is 0. The van der Waals surface area contributed by atoms with Gasteiger partial charge < -0.3 is 19.7 Å². The van der Waals surface area contributed by atoms with Crippen molar-refractivity contribution in [3.63, 3.8) is 0 Å². The van der Waals surface area contributed by atoms with Crippen molar-refractivity contribution in [2.24, 2.45) is 11.3 Å². The Hall–Kier alpha value is -1.40. The Balaban J connectivity index is 1.67. The summed E-state index contributed by atoms with van der Waals surface area (Å²) in [5.41, 5.74) is -1.15. The van der Waals surface area contributed by atoms with Gasteiger partial charge >= 0.3 is 11.9 Å². The number of unbranched alkanes of at least 4 members (excludes halogenated alkanes) is 53. The molecule has 1 fully saturated rings. The first kappa shape index (κ1) is 68.6. The molecule has 72 heavy (non-hydrogen) atoms. The fourth-order valence-corrected chi connectivity index (χ4v) is 10.9. The average Bonchev–Trinajstić information content (AvgIpc) is 3.45. The molecule has 1 rings (SSSR count). The number of allylic oxidation sites excluding steroid dienone is 1. The lowest BCUT2D eigenvalue weighted by Crippen LogP contribution is -2.40. The van der Waals surface area contributed by atoms with Crippen LogP contribution in [0.3, 0.4) is 0 Å². The Morgan fingerprint density at radius 1 is 0.361 bits per heavy atom. The van der Waals surface area contributed by atoms with Crippen LogP contribution in [0.1, 0.15) is 360 Å². The van der Waals surface area contributed by atoms with Crippen molar-refractivity contribution in [2.75, 3.05) is 26.4 Å². The molecule has 0 aromatic rings. The second-order valence-electron chi connectivity index (χ2n) is 23.5. The van der Waals surface area contributed by atoms with Crippen LogP contribution in [-0.2, 0) is 19.1 Å². The molecule has 1 aliphatic heterocycles. The third-order valence-electron chi connectivity index (χ3n) is 16.3. The van der Waals surface area contributed by atoms with Gasteiger partial charge in [-0.1, -0.05) is 353 Å². The van der Waals surface area contributed by atoms with Crippen LogP contribution in [0.15, 0.2) is 12.2 Å². The summed E-state index contributed by atoms with van der Waals surface area (Å²) in [6.45, 7) is 1.12. The van der Waals surface area contributed by atoms with Gasteiger partial charge in [-0.15, -0.1) is 0 Å². The zero-order valence-electron chi connectivity index (χ0n) is 48.5. The van der Waals surface area contributed by atoms with Gasteiger partial charge in [-0.25, -0.2) is 0 Å². The molecule has 1 aliphatic rings. The molecular formula is C66H126O6. The van der Waals surface area contributed by atoms with E-state index in [-0.39, 0.29) is 19.6 Å². The van der Waals surface area contributed by atoms with E-state index in [2.05, 4.69) is 6.92 Å². The average molecular weight is 1020 g/mol. The lowest BCUT2D eigenvalue weighted by atomic mass is 9.92. The second kappa shape index (κ2) is 55.8. The quantitative estimate of drug-likeness (QED) is 0.0358. The van der Waals surface area contributed by atoms with E-state index < -0.39 is 36.5 Å². The van der Waals surface area contributed by atoms with Crippen LogP contribution in [0.5, 0.6) is 0 Å². The monoisotopic (exact) mass is 1010 g/mol. The number of cyclic esters (lactones) is 2. The van der Waals surface area contributed by atoms with E-state index in [9.17, 15) is 19.8 Å². The molecule has 1 atom stereocenters. The van der Waals surface area contributed by atoms with Gasteiger partial charge in [0, 0.05) is 0 Å². The molecule has 0 radical (unpaired) electrons. The zero-order chi connectivity index (χ0) is 51.8. The number of carbonyl (C=O) groups excluding carboxylic acids is 2. The third kappa shape index (κ3) is 47.1. The molecule has 2 N–H and O–H groups in total. The molecule has 0 amide bonds. The topological polar surface area (TPSA) is 93.1 Å². The number of hydrogen-bond acceptors (Lipinski definition) is 6. The minimum absolute atomic E-state index is 0.0812. The summed E-state index contributed by atoms with van der Waals surface area (Å²) < 4.78 is 10.5. The molecule has 1 saturated heterocycles. The number of hydrogen-bond donors (Lipinski definition) is 2. The highest BCUT2D eigenvalue weighted by Gasteiger charge is 2.36. The normalized spacial score (nSPS) is 15.2. The van der Waals surface area contributed by atoms with E-state index in [1.54, 1.807) is 6.08 Å². The summed E-state index contributed by atoms with van der Waals surface area (Å²) in [4.78, 5) is 24.7. The first-order valence-electron chi connectivity index (χ1n) is 32.8. The molecule has 1 unspecified atom stereocenters. The molecule has 0 bridgehead atoms. The molecule has 1 heterocycles. The van der Waals surface area contributed by atoms with E-state index >= 15 is 0 Å². The van der Waals surface area contributed by atoms with Crippen molar-refractivity contribution in [2.45, 2.75) is 360 Å². The van der Waals surface area contributed by atoms with Crippen LogP contribution < -0.4 is 0 Å². The fourth-order valence-electron chi connectivity index (χ4n) is 10.9. The van der Waals surface area contributed by atoms with E-state index in [1.807, 2.05) is 6.08 Å². The van der Waals surface area contributed by atoms with Crippen LogP contribution in [0.4, 0.5) is 0 Å². The first-order valence-corrected chi connectivity index (χ1v) is 32.8. The number of aliphatic hydroxyl groups excluding tert-OH is 2. The van der Waals surface area contributed by atoms with Crippen molar-refractivity contribution in [1.82, 2.24) is 0 Å². The Bertz CT molecular complexity index is 1130. The van der Waals surface area contributed by atoms with Crippen molar-refractivity contribution in [3.05, 3.63) is 12.2 Å². The Morgan fingerprint density at radius 2 is 0.583 bits per heavy atom. The summed E-state index contributed by atoms with van der Waals surface area (Å²) in [7, 11) is 0. The molecule has 6 nitrogen and oxygen atoms in total. The van der Waals surface area contributed by atoms with Crippen LogP contribution in [0, 0.1) is 11.3 Å².